The Morgan fingerprint density at radius 1 is 0.256 bits per heavy atom. The van der Waals surface area contributed by atoms with Crippen molar-refractivity contribution < 1.29 is 0 Å². The summed E-state index contributed by atoms with van der Waals surface area (Å²) < 4.78 is 0. The quantitative estimate of drug-likeness (QED) is 0.224. The molecule has 2 aliphatic carbocycles. The number of rotatable bonds is 0. The van der Waals surface area contributed by atoms with E-state index in [2.05, 4.69) is 338 Å². The molecule has 522 valence electrons. The van der Waals surface area contributed by atoms with Crippen molar-refractivity contribution in [3.63, 3.8) is 0 Å². The van der Waals surface area contributed by atoms with Crippen molar-refractivity contribution in [2.45, 2.75) is 382 Å². The van der Waals surface area contributed by atoms with Crippen LogP contribution in [-0.2, 0) is 0 Å². The molecule has 1 saturated carbocycles. The standard InChI is InChI=1S/C10H21N.C9H20N2.2C9H17N.C8H16.C6H10.6C5H12/c1-10(2,3)11-8-6-4-5-7-9-11;1-9(2,3)11-7-5-10(4)6-8-11;2*1-9(2,3)10-7-5-4-6-8-10;1-8(2,3)7-5-4-6-7;1-2-4-6-5-3-1;6*1-5(2,3)4/h4-9H2,1-3H3;5-8H2,1-4H3;5,7H,4,6,8H2,1-3H3;4-5H,6-8H2,1-3H3;7H,4-6H2,1-3H3;1-2H,3-6H2;6*1-4H3. The van der Waals surface area contributed by atoms with Crippen LogP contribution in [0.4, 0.5) is 0 Å². The third kappa shape index (κ3) is 96.5. The summed E-state index contributed by atoms with van der Waals surface area (Å²) in [5.41, 5.74) is 5.02. The molecule has 86 heavy (non-hydrogen) atoms. The SMILES string of the molecule is C1=CCCCC1.CC(C)(C)C.CC(C)(C)C.CC(C)(C)C.CC(C)(C)C.CC(C)(C)C.CC(C)(C)C.CC(C)(C)C1CCC1.CC(C)(C)N1C=CCCC1.CC(C)(C)N1CC=CCC1.CC(C)(C)N1CCCCCC1.CN1CCN(C(C)(C)C)CC1. The van der Waals surface area contributed by atoms with E-state index in [1.54, 1.807) is 0 Å². The number of piperazine rings is 1. The summed E-state index contributed by atoms with van der Waals surface area (Å²) in [7, 11) is 2.19. The second-order valence-corrected chi connectivity index (χ2v) is 40.6. The minimum atomic E-state index is 0.316. The second kappa shape index (κ2) is 46.0. The zero-order valence-electron chi connectivity index (χ0n) is 68.0. The molecule has 2 saturated heterocycles. The first-order valence-electron chi connectivity index (χ1n) is 35.6. The molecule has 0 aromatic rings. The van der Waals surface area contributed by atoms with Crippen molar-refractivity contribution in [2.75, 3.05) is 66.0 Å². The molecule has 0 N–H and O–H groups in total. The molecule has 0 amide bonds. The number of likely N-dealkylation sites (N-methyl/N-ethyl adjacent to an activating group) is 1. The summed E-state index contributed by atoms with van der Waals surface area (Å²) >= 11 is 0. The van der Waals surface area contributed by atoms with E-state index in [0.717, 1.165) is 12.5 Å². The van der Waals surface area contributed by atoms with E-state index in [9.17, 15) is 0 Å². The number of hydrogen-bond acceptors (Lipinski definition) is 5. The average molecular weight is 1220 g/mol. The monoisotopic (exact) mass is 1220 g/mol. The van der Waals surface area contributed by atoms with Gasteiger partial charge in [-0.2, -0.15) is 0 Å². The van der Waals surface area contributed by atoms with E-state index in [1.807, 2.05) is 0 Å². The molecule has 4 aliphatic heterocycles. The van der Waals surface area contributed by atoms with Gasteiger partial charge < -0.3 is 9.80 Å². The first-order valence-corrected chi connectivity index (χ1v) is 35.6. The van der Waals surface area contributed by atoms with Gasteiger partial charge in [-0.15, -0.1) is 0 Å². The van der Waals surface area contributed by atoms with Crippen LogP contribution in [0.3, 0.4) is 0 Å². The Kier molecular flexibility index (Phi) is 51.3. The van der Waals surface area contributed by atoms with Gasteiger partial charge in [0.2, 0.25) is 0 Å². The largest absolute Gasteiger partial charge is 0.373 e. The maximum atomic E-state index is 2.61. The van der Waals surface area contributed by atoms with Crippen molar-refractivity contribution in [2.24, 2.45) is 43.8 Å². The molecule has 6 aliphatic rings. The molecule has 0 spiro atoms. The van der Waals surface area contributed by atoms with Crippen LogP contribution in [0, 0.1) is 43.8 Å². The van der Waals surface area contributed by atoms with Crippen molar-refractivity contribution in [1.82, 2.24) is 24.5 Å². The van der Waals surface area contributed by atoms with Gasteiger partial charge in [0.25, 0.3) is 0 Å². The minimum absolute atomic E-state index is 0.316. The van der Waals surface area contributed by atoms with Crippen LogP contribution in [0.25, 0.3) is 0 Å². The topological polar surface area (TPSA) is 16.2 Å². The number of hydrogen-bond donors (Lipinski definition) is 0. The summed E-state index contributed by atoms with van der Waals surface area (Å²) in [4.78, 5) is 12.4. The lowest BCUT2D eigenvalue weighted by atomic mass is 9.69. The van der Waals surface area contributed by atoms with Crippen LogP contribution in [0.15, 0.2) is 36.6 Å². The van der Waals surface area contributed by atoms with Gasteiger partial charge in [0.05, 0.1) is 0 Å². The summed E-state index contributed by atoms with van der Waals surface area (Å²) in [6.07, 6.45) is 32.9. The Morgan fingerprint density at radius 2 is 0.558 bits per heavy atom. The van der Waals surface area contributed by atoms with Gasteiger partial charge in [0.15, 0.2) is 0 Å². The van der Waals surface area contributed by atoms with Crippen molar-refractivity contribution in [1.29, 1.82) is 0 Å². The molecule has 0 bridgehead atoms. The summed E-state index contributed by atoms with van der Waals surface area (Å²) in [5.74, 6) is 1.03. The van der Waals surface area contributed by atoms with E-state index >= 15 is 0 Å². The molecule has 0 atom stereocenters. The predicted molar refractivity (Wildman–Crippen MR) is 404 cm³/mol. The van der Waals surface area contributed by atoms with Gasteiger partial charge in [0, 0.05) is 68.0 Å². The lowest BCUT2D eigenvalue weighted by Crippen LogP contribution is -2.52. The molecule has 5 nitrogen and oxygen atoms in total. The highest BCUT2D eigenvalue weighted by atomic mass is 15.3. The number of nitrogens with zero attached hydrogens (tertiary/aromatic N) is 5. The fourth-order valence-corrected chi connectivity index (χ4v) is 7.72. The van der Waals surface area contributed by atoms with Crippen LogP contribution in [0.1, 0.15) is 360 Å². The predicted octanol–water partition coefficient (Wildman–Crippen LogP) is 25.4. The van der Waals surface area contributed by atoms with Crippen LogP contribution in [0.5, 0.6) is 0 Å². The highest BCUT2D eigenvalue weighted by molar-refractivity contribution is 4.95. The highest BCUT2D eigenvalue weighted by Gasteiger charge is 2.29. The number of likely N-dealkylation sites (tertiary alicyclic amines) is 1. The molecule has 3 fully saturated rings. The summed E-state index contributed by atoms with van der Waals surface area (Å²) in [6, 6.07) is 0. The van der Waals surface area contributed by atoms with E-state index in [4.69, 9.17) is 0 Å². The minimum Gasteiger partial charge on any atom is -0.373 e. The van der Waals surface area contributed by atoms with Gasteiger partial charge >= 0.3 is 0 Å². The first kappa shape index (κ1) is 96.0. The van der Waals surface area contributed by atoms with Gasteiger partial charge in [-0.25, -0.2) is 0 Å². The Bertz CT molecular complexity index is 1440. The zero-order chi connectivity index (χ0) is 69.5. The van der Waals surface area contributed by atoms with E-state index in [1.165, 1.54) is 142 Å². The Labute approximate surface area is 550 Å². The average Bonchev–Trinajstić information content (AvgIpc) is 3.55. The van der Waals surface area contributed by atoms with Crippen molar-refractivity contribution in [3.8, 4) is 0 Å². The summed E-state index contributed by atoms with van der Waals surface area (Å²) in [5, 5.41) is 0. The molecule has 0 radical (unpaired) electrons. The van der Waals surface area contributed by atoms with E-state index in [-0.39, 0.29) is 0 Å². The molecule has 0 aromatic carbocycles. The smallest absolute Gasteiger partial charge is 0.0312 e. The third-order valence-electron chi connectivity index (χ3n) is 12.4. The third-order valence-corrected chi connectivity index (χ3v) is 12.4. The molecule has 0 unspecified atom stereocenters. The summed E-state index contributed by atoms with van der Waals surface area (Å²) in [6.45, 7) is 98.0. The molecule has 0 aromatic heterocycles. The second-order valence-electron chi connectivity index (χ2n) is 40.6. The zero-order valence-corrected chi connectivity index (χ0v) is 68.0. The van der Waals surface area contributed by atoms with Crippen LogP contribution in [0.2, 0.25) is 0 Å². The Morgan fingerprint density at radius 3 is 0.733 bits per heavy atom. The fourth-order valence-electron chi connectivity index (χ4n) is 7.72. The van der Waals surface area contributed by atoms with Crippen LogP contribution in [-0.4, -0.2) is 113 Å². The first-order chi connectivity index (χ1) is 37.9. The number of allylic oxidation sites excluding steroid dienone is 3. The molecule has 4 heterocycles. The molecular weight excluding hydrogens is 1040 g/mol. The molecular formula is C81H173N5. The maximum Gasteiger partial charge on any atom is 0.0312 e. The van der Waals surface area contributed by atoms with Crippen molar-refractivity contribution >= 4 is 0 Å². The molecule has 5 heteroatoms. The van der Waals surface area contributed by atoms with Crippen molar-refractivity contribution in [3.05, 3.63) is 36.6 Å². The maximum absolute atomic E-state index is 2.61. The van der Waals surface area contributed by atoms with Gasteiger partial charge in [0.1, 0.15) is 0 Å². The lowest BCUT2D eigenvalue weighted by Gasteiger charge is -2.41. The van der Waals surface area contributed by atoms with Crippen LogP contribution < -0.4 is 0 Å². The normalized spacial score (nSPS) is 18.6. The van der Waals surface area contributed by atoms with E-state index in [0.29, 0.717) is 60.1 Å². The fraction of sp³-hybridized carbons (Fsp3) is 0.926. The highest BCUT2D eigenvalue weighted by Crippen LogP contribution is 2.41. The molecule has 6 rings (SSSR count). The Balaban J connectivity index is -0.000000206. The lowest BCUT2D eigenvalue weighted by molar-refractivity contribution is 0.0735. The van der Waals surface area contributed by atoms with Gasteiger partial charge in [-0.05, 0) is 224 Å². The van der Waals surface area contributed by atoms with Gasteiger partial charge in [-0.3, -0.25) is 14.7 Å². The van der Waals surface area contributed by atoms with E-state index < -0.39 is 0 Å². The van der Waals surface area contributed by atoms with Crippen LogP contribution >= 0.6 is 0 Å². The van der Waals surface area contributed by atoms with Gasteiger partial charge in [-0.1, -0.05) is 237 Å². The Hall–Kier alpha value is -1.14.